The molecule has 1 atom stereocenters. The summed E-state index contributed by atoms with van der Waals surface area (Å²) in [5.41, 5.74) is 0.706. The molecule has 2 fully saturated rings. The van der Waals surface area contributed by atoms with Crippen LogP contribution < -0.4 is 10.2 Å². The molecule has 156 valence electrons. The molecule has 2 aromatic rings. The van der Waals surface area contributed by atoms with Crippen LogP contribution in [0.25, 0.3) is 6.08 Å². The summed E-state index contributed by atoms with van der Waals surface area (Å²) < 4.78 is 14.2. The number of nitrogens with zero attached hydrogens (tertiary/aromatic N) is 1. The van der Waals surface area contributed by atoms with Crippen molar-refractivity contribution in [1.29, 1.82) is 0 Å². The molecule has 0 radical (unpaired) electrons. The summed E-state index contributed by atoms with van der Waals surface area (Å²) >= 11 is 0. The average molecular weight is 407 g/mol. The summed E-state index contributed by atoms with van der Waals surface area (Å²) in [4.78, 5) is 27.5. The van der Waals surface area contributed by atoms with Crippen LogP contribution in [0, 0.1) is 12.7 Å². The Hall–Kier alpha value is -2.95. The summed E-state index contributed by atoms with van der Waals surface area (Å²) in [5.74, 6) is -0.766. The molecule has 1 heterocycles. The zero-order valence-corrected chi connectivity index (χ0v) is 17.2. The van der Waals surface area contributed by atoms with Gasteiger partial charge in [0.15, 0.2) is 5.54 Å². The van der Waals surface area contributed by atoms with Gasteiger partial charge >= 0.3 is 0 Å². The third kappa shape index (κ3) is 3.89. The number of anilines is 1. The molecular weight excluding hydrogens is 379 g/mol. The molecule has 5 heteroatoms. The molecule has 0 bridgehead atoms. The lowest BCUT2D eigenvalue weighted by atomic mass is 9.80. The topological polar surface area (TPSA) is 49.4 Å². The van der Waals surface area contributed by atoms with Crippen LogP contribution in [0.4, 0.5) is 10.1 Å². The van der Waals surface area contributed by atoms with Crippen molar-refractivity contribution >= 4 is 23.6 Å². The van der Waals surface area contributed by atoms with E-state index in [2.05, 4.69) is 5.32 Å². The Kier molecular flexibility index (Phi) is 5.71. The van der Waals surface area contributed by atoms with Crippen LogP contribution in [0.15, 0.2) is 54.6 Å². The van der Waals surface area contributed by atoms with E-state index in [1.54, 1.807) is 25.1 Å². The second kappa shape index (κ2) is 8.42. The molecule has 4 nitrogen and oxygen atoms in total. The predicted molar refractivity (Wildman–Crippen MR) is 116 cm³/mol. The molecule has 1 saturated heterocycles. The smallest absolute Gasteiger partial charge is 0.251 e. The van der Waals surface area contributed by atoms with E-state index in [1.807, 2.05) is 36.4 Å². The van der Waals surface area contributed by atoms with Gasteiger partial charge in [-0.3, -0.25) is 14.5 Å². The number of rotatable bonds is 5. The van der Waals surface area contributed by atoms with Gasteiger partial charge in [0.1, 0.15) is 5.82 Å². The summed E-state index contributed by atoms with van der Waals surface area (Å²) in [6, 6.07) is 14.5. The lowest BCUT2D eigenvalue weighted by Crippen LogP contribution is -2.70. The lowest BCUT2D eigenvalue weighted by Gasteiger charge is -2.49. The number of hydrogen-bond donors (Lipinski definition) is 1. The van der Waals surface area contributed by atoms with E-state index in [0.717, 1.165) is 31.2 Å². The maximum atomic E-state index is 14.2. The number of nitrogens with one attached hydrogen (secondary N) is 1. The van der Waals surface area contributed by atoms with Crippen LogP contribution >= 0.6 is 0 Å². The third-order valence-corrected chi connectivity index (χ3v) is 6.17. The van der Waals surface area contributed by atoms with Crippen LogP contribution in [0.3, 0.4) is 0 Å². The number of halogens is 1. The Labute approximate surface area is 176 Å². The van der Waals surface area contributed by atoms with E-state index in [-0.39, 0.29) is 30.1 Å². The average Bonchev–Trinajstić information content (AvgIpc) is 2.75. The number of amides is 2. The molecule has 1 aliphatic carbocycles. The van der Waals surface area contributed by atoms with E-state index >= 15 is 0 Å². The molecule has 2 aromatic carbocycles. The Morgan fingerprint density at radius 3 is 2.53 bits per heavy atom. The highest BCUT2D eigenvalue weighted by atomic mass is 19.1. The summed E-state index contributed by atoms with van der Waals surface area (Å²) in [5, 5.41) is 3.17. The van der Waals surface area contributed by atoms with Gasteiger partial charge in [0.2, 0.25) is 5.91 Å². The van der Waals surface area contributed by atoms with Crippen molar-refractivity contribution in [3.05, 3.63) is 71.6 Å². The van der Waals surface area contributed by atoms with Gasteiger partial charge in [-0.05, 0) is 49.1 Å². The van der Waals surface area contributed by atoms with Crippen molar-refractivity contribution in [2.24, 2.45) is 0 Å². The van der Waals surface area contributed by atoms with Gasteiger partial charge in [0, 0.05) is 11.7 Å². The maximum absolute atomic E-state index is 14.2. The van der Waals surface area contributed by atoms with E-state index in [9.17, 15) is 14.0 Å². The van der Waals surface area contributed by atoms with Gasteiger partial charge in [-0.2, -0.15) is 0 Å². The summed E-state index contributed by atoms with van der Waals surface area (Å²) in [7, 11) is 0. The van der Waals surface area contributed by atoms with Crippen LogP contribution in [-0.2, 0) is 9.59 Å². The second-order valence-corrected chi connectivity index (χ2v) is 8.32. The van der Waals surface area contributed by atoms with E-state index in [1.165, 1.54) is 17.4 Å². The SMILES string of the molecule is Cc1ccc(N2C(=O)CC2(/C=C/c2ccccc2)C(=O)NC2CCCCC2)cc1F. The second-order valence-electron chi connectivity index (χ2n) is 8.32. The summed E-state index contributed by atoms with van der Waals surface area (Å²) in [6.45, 7) is 1.68. The quantitative estimate of drug-likeness (QED) is 0.727. The minimum absolute atomic E-state index is 0.0738. The largest absolute Gasteiger partial charge is 0.351 e. The Morgan fingerprint density at radius 1 is 1.13 bits per heavy atom. The number of aryl methyl sites for hydroxylation is 1. The maximum Gasteiger partial charge on any atom is 0.251 e. The minimum atomic E-state index is -1.15. The number of hydrogen-bond acceptors (Lipinski definition) is 2. The van der Waals surface area contributed by atoms with Crippen LogP contribution in [-0.4, -0.2) is 23.4 Å². The fourth-order valence-electron chi connectivity index (χ4n) is 4.36. The third-order valence-electron chi connectivity index (χ3n) is 6.17. The minimum Gasteiger partial charge on any atom is -0.351 e. The van der Waals surface area contributed by atoms with E-state index in [0.29, 0.717) is 11.3 Å². The van der Waals surface area contributed by atoms with E-state index < -0.39 is 5.54 Å². The number of β-lactam (4-membered cyclic amide) rings is 1. The van der Waals surface area contributed by atoms with Crippen molar-refractivity contribution in [1.82, 2.24) is 5.32 Å². The first-order valence-corrected chi connectivity index (χ1v) is 10.6. The molecular formula is C25H27FN2O2. The Bertz CT molecular complexity index is 966. The zero-order chi connectivity index (χ0) is 21.1. The Balaban J connectivity index is 1.68. The van der Waals surface area contributed by atoms with Crippen molar-refractivity contribution in [3.8, 4) is 0 Å². The van der Waals surface area contributed by atoms with Gasteiger partial charge in [0.05, 0.1) is 6.42 Å². The van der Waals surface area contributed by atoms with Crippen molar-refractivity contribution < 1.29 is 14.0 Å². The van der Waals surface area contributed by atoms with Crippen LogP contribution in [0.1, 0.15) is 49.7 Å². The lowest BCUT2D eigenvalue weighted by molar-refractivity contribution is -0.137. The van der Waals surface area contributed by atoms with Gasteiger partial charge in [0.25, 0.3) is 5.91 Å². The molecule has 1 saturated carbocycles. The normalized spacial score (nSPS) is 22.2. The molecule has 1 aliphatic heterocycles. The molecule has 4 rings (SSSR count). The zero-order valence-electron chi connectivity index (χ0n) is 17.2. The number of carbonyl (C=O) groups excluding carboxylic acids is 2. The number of carbonyl (C=O) groups is 2. The molecule has 1 N–H and O–H groups in total. The van der Waals surface area contributed by atoms with E-state index in [4.69, 9.17) is 0 Å². The molecule has 0 spiro atoms. The fraction of sp³-hybridized carbons (Fsp3) is 0.360. The first-order chi connectivity index (χ1) is 14.5. The van der Waals surface area contributed by atoms with Crippen molar-refractivity contribution in [3.63, 3.8) is 0 Å². The molecule has 2 amide bonds. The van der Waals surface area contributed by atoms with Crippen molar-refractivity contribution in [2.45, 2.75) is 57.0 Å². The highest BCUT2D eigenvalue weighted by molar-refractivity contribution is 6.15. The molecule has 2 aliphatic rings. The van der Waals surface area contributed by atoms with Crippen molar-refractivity contribution in [2.75, 3.05) is 4.90 Å². The molecule has 1 unspecified atom stereocenters. The highest BCUT2D eigenvalue weighted by Gasteiger charge is 2.56. The van der Waals surface area contributed by atoms with Gasteiger partial charge in [-0.25, -0.2) is 4.39 Å². The Morgan fingerprint density at radius 2 is 1.87 bits per heavy atom. The molecule has 30 heavy (non-hydrogen) atoms. The van der Waals surface area contributed by atoms with Crippen LogP contribution in [0.5, 0.6) is 0 Å². The molecule has 0 aromatic heterocycles. The van der Waals surface area contributed by atoms with Gasteiger partial charge < -0.3 is 5.32 Å². The van der Waals surface area contributed by atoms with Gasteiger partial charge in [-0.1, -0.05) is 61.7 Å². The standard InChI is InChI=1S/C25H27FN2O2/c1-18-12-13-21(16-22(18)26)28-23(29)17-25(28,15-14-19-8-4-2-5-9-19)24(30)27-20-10-6-3-7-11-20/h2,4-5,8-9,12-16,20H,3,6-7,10-11,17H2,1H3,(H,27,30)/b15-14+. The number of benzene rings is 2. The first kappa shape index (κ1) is 20.3. The summed E-state index contributed by atoms with van der Waals surface area (Å²) in [6.07, 6.45) is 9.04. The first-order valence-electron chi connectivity index (χ1n) is 10.6. The highest BCUT2D eigenvalue weighted by Crippen LogP contribution is 2.40. The van der Waals surface area contributed by atoms with Crippen LogP contribution in [0.2, 0.25) is 0 Å². The monoisotopic (exact) mass is 406 g/mol. The van der Waals surface area contributed by atoms with Gasteiger partial charge in [-0.15, -0.1) is 0 Å². The fourth-order valence-corrected chi connectivity index (χ4v) is 4.36. The predicted octanol–water partition coefficient (Wildman–Crippen LogP) is 4.77.